The molecule has 0 saturated heterocycles. The lowest BCUT2D eigenvalue weighted by atomic mass is 10.1. The minimum Gasteiger partial charge on any atom is -0.357 e. The maximum Gasteiger partial charge on any atom is 0.244 e. The molecule has 0 bridgehead atoms. The molecule has 32 heavy (non-hydrogen) atoms. The number of rotatable bonds is 8. The summed E-state index contributed by atoms with van der Waals surface area (Å²) in [5.74, 6) is -0.911. The van der Waals surface area contributed by atoms with Crippen molar-refractivity contribution in [3.8, 4) is 0 Å². The van der Waals surface area contributed by atoms with Crippen molar-refractivity contribution in [2.24, 2.45) is 0 Å². The van der Waals surface area contributed by atoms with Gasteiger partial charge < -0.3 is 10.2 Å². The average molecular weight is 500 g/mol. The van der Waals surface area contributed by atoms with Crippen LogP contribution in [0.2, 0.25) is 10.0 Å². The quantitative estimate of drug-likeness (QED) is 0.601. The molecule has 0 spiro atoms. The summed E-state index contributed by atoms with van der Waals surface area (Å²) in [6, 6.07) is 9.24. The largest absolute Gasteiger partial charge is 0.357 e. The van der Waals surface area contributed by atoms with E-state index in [-0.39, 0.29) is 12.5 Å². The van der Waals surface area contributed by atoms with Crippen LogP contribution in [0, 0.1) is 13.8 Å². The van der Waals surface area contributed by atoms with E-state index in [1.54, 1.807) is 43.3 Å². The van der Waals surface area contributed by atoms with Crippen molar-refractivity contribution < 1.29 is 18.0 Å². The number of nitrogens with one attached hydrogen (secondary N) is 1. The number of carbonyl (C=O) groups excluding carboxylic acids is 2. The first kappa shape index (κ1) is 26.0. The van der Waals surface area contributed by atoms with Crippen LogP contribution in [0.5, 0.6) is 0 Å². The zero-order valence-electron chi connectivity index (χ0n) is 18.6. The average Bonchev–Trinajstić information content (AvgIpc) is 2.72. The fraction of sp³-hybridized carbons (Fsp3) is 0.364. The number of aryl methyl sites for hydroxylation is 2. The Kier molecular flexibility index (Phi) is 8.56. The summed E-state index contributed by atoms with van der Waals surface area (Å²) in [7, 11) is -2.30. The number of hydrogen-bond donors (Lipinski definition) is 1. The molecular weight excluding hydrogens is 473 g/mol. The standard InChI is InChI=1S/C22H27Cl2N3O4S/c1-14-6-8-18(10-15(14)2)27(32(5,30)31)13-21(28)26(16(3)22(29)25-4)12-17-7-9-19(23)20(24)11-17/h6-11,16H,12-13H2,1-5H3,(H,25,29)/t16-/m0/s1. The number of halogens is 2. The van der Waals surface area contributed by atoms with Crippen LogP contribution in [0.1, 0.15) is 23.6 Å². The lowest BCUT2D eigenvalue weighted by Gasteiger charge is -2.31. The van der Waals surface area contributed by atoms with E-state index in [1.165, 1.54) is 11.9 Å². The molecule has 2 amide bonds. The molecule has 174 valence electrons. The Morgan fingerprint density at radius 3 is 2.22 bits per heavy atom. The Labute approximate surface area is 199 Å². The topological polar surface area (TPSA) is 86.8 Å². The van der Waals surface area contributed by atoms with Crippen LogP contribution in [0.25, 0.3) is 0 Å². The van der Waals surface area contributed by atoms with Crippen LogP contribution in [0.3, 0.4) is 0 Å². The number of anilines is 1. The summed E-state index contributed by atoms with van der Waals surface area (Å²) in [4.78, 5) is 27.0. The molecule has 10 heteroatoms. The number of likely N-dealkylation sites (N-methyl/N-ethyl adjacent to an activating group) is 1. The minimum absolute atomic E-state index is 0.0504. The second kappa shape index (κ2) is 10.6. The molecule has 0 aliphatic carbocycles. The van der Waals surface area contributed by atoms with Gasteiger partial charge in [-0.15, -0.1) is 0 Å². The fourth-order valence-electron chi connectivity index (χ4n) is 3.12. The third kappa shape index (κ3) is 6.37. The Morgan fingerprint density at radius 1 is 1.03 bits per heavy atom. The molecule has 0 radical (unpaired) electrons. The molecule has 2 aromatic rings. The zero-order valence-corrected chi connectivity index (χ0v) is 21.0. The molecule has 7 nitrogen and oxygen atoms in total. The van der Waals surface area contributed by atoms with E-state index in [0.717, 1.165) is 21.7 Å². The molecule has 0 saturated carbocycles. The van der Waals surface area contributed by atoms with Gasteiger partial charge in [-0.3, -0.25) is 13.9 Å². The maximum absolute atomic E-state index is 13.3. The van der Waals surface area contributed by atoms with Crippen LogP contribution in [0.15, 0.2) is 36.4 Å². The highest BCUT2D eigenvalue weighted by molar-refractivity contribution is 7.92. The summed E-state index contributed by atoms with van der Waals surface area (Å²) < 4.78 is 26.1. The number of carbonyl (C=O) groups is 2. The summed E-state index contributed by atoms with van der Waals surface area (Å²) in [5.41, 5.74) is 2.93. The van der Waals surface area contributed by atoms with Gasteiger partial charge in [0.05, 0.1) is 22.0 Å². The van der Waals surface area contributed by atoms with Crippen LogP contribution in [-0.4, -0.2) is 51.0 Å². The monoisotopic (exact) mass is 499 g/mol. The Bertz CT molecular complexity index is 1120. The van der Waals surface area contributed by atoms with Crippen LogP contribution >= 0.6 is 23.2 Å². The lowest BCUT2D eigenvalue weighted by molar-refractivity contribution is -0.139. The number of amides is 2. The first-order valence-electron chi connectivity index (χ1n) is 9.85. The summed E-state index contributed by atoms with van der Waals surface area (Å²) in [6.45, 7) is 4.96. The van der Waals surface area contributed by atoms with E-state index in [1.807, 2.05) is 13.8 Å². The van der Waals surface area contributed by atoms with Gasteiger partial charge in [-0.25, -0.2) is 8.42 Å². The molecule has 0 unspecified atom stereocenters. The third-order valence-corrected chi connectivity index (χ3v) is 7.09. The van der Waals surface area contributed by atoms with Gasteiger partial charge in [0.2, 0.25) is 21.8 Å². The number of sulfonamides is 1. The predicted octanol–water partition coefficient (Wildman–Crippen LogP) is 3.54. The van der Waals surface area contributed by atoms with Gasteiger partial charge in [-0.05, 0) is 61.7 Å². The Balaban J connectivity index is 2.42. The van der Waals surface area contributed by atoms with Crippen LogP contribution in [0.4, 0.5) is 5.69 Å². The van der Waals surface area contributed by atoms with Gasteiger partial charge in [0.1, 0.15) is 12.6 Å². The van der Waals surface area contributed by atoms with E-state index < -0.39 is 28.5 Å². The summed E-state index contributed by atoms with van der Waals surface area (Å²) in [6.07, 6.45) is 1.04. The summed E-state index contributed by atoms with van der Waals surface area (Å²) in [5, 5.41) is 3.21. The van der Waals surface area contributed by atoms with E-state index in [9.17, 15) is 18.0 Å². The van der Waals surface area contributed by atoms with Crippen molar-refractivity contribution in [2.75, 3.05) is 24.2 Å². The first-order valence-corrected chi connectivity index (χ1v) is 12.5. The summed E-state index contributed by atoms with van der Waals surface area (Å²) >= 11 is 12.1. The number of hydrogen-bond acceptors (Lipinski definition) is 4. The molecule has 0 aliphatic heterocycles. The molecule has 1 N–H and O–H groups in total. The van der Waals surface area contributed by atoms with Crippen molar-refractivity contribution in [3.63, 3.8) is 0 Å². The third-order valence-electron chi connectivity index (χ3n) is 5.21. The van der Waals surface area contributed by atoms with E-state index >= 15 is 0 Å². The Morgan fingerprint density at radius 2 is 1.69 bits per heavy atom. The van der Waals surface area contributed by atoms with Gasteiger partial charge in [-0.2, -0.15) is 0 Å². The minimum atomic E-state index is -3.77. The predicted molar refractivity (Wildman–Crippen MR) is 129 cm³/mol. The maximum atomic E-state index is 13.3. The fourth-order valence-corrected chi connectivity index (χ4v) is 4.28. The zero-order chi connectivity index (χ0) is 24.2. The van der Waals surface area contributed by atoms with Crippen molar-refractivity contribution in [1.82, 2.24) is 10.2 Å². The van der Waals surface area contributed by atoms with Crippen molar-refractivity contribution in [3.05, 3.63) is 63.1 Å². The van der Waals surface area contributed by atoms with Crippen molar-refractivity contribution >= 4 is 50.7 Å². The molecule has 2 aromatic carbocycles. The SMILES string of the molecule is CNC(=O)[C@H](C)N(Cc1ccc(Cl)c(Cl)c1)C(=O)CN(c1ccc(C)c(C)c1)S(C)(=O)=O. The van der Waals surface area contributed by atoms with E-state index in [4.69, 9.17) is 23.2 Å². The normalized spacial score (nSPS) is 12.2. The second-order valence-electron chi connectivity index (χ2n) is 7.60. The van der Waals surface area contributed by atoms with Gasteiger partial charge >= 0.3 is 0 Å². The second-order valence-corrected chi connectivity index (χ2v) is 10.3. The van der Waals surface area contributed by atoms with Crippen molar-refractivity contribution in [2.45, 2.75) is 33.4 Å². The molecule has 0 fully saturated rings. The Hall–Kier alpha value is -2.29. The highest BCUT2D eigenvalue weighted by Gasteiger charge is 2.29. The van der Waals surface area contributed by atoms with Gasteiger partial charge in [0.15, 0.2) is 0 Å². The van der Waals surface area contributed by atoms with Crippen LogP contribution < -0.4 is 9.62 Å². The molecule has 0 aromatic heterocycles. The van der Waals surface area contributed by atoms with E-state index in [0.29, 0.717) is 21.3 Å². The number of benzene rings is 2. The lowest BCUT2D eigenvalue weighted by Crippen LogP contribution is -2.50. The number of nitrogens with zero attached hydrogens (tertiary/aromatic N) is 2. The molecule has 1 atom stereocenters. The molecule has 2 rings (SSSR count). The van der Waals surface area contributed by atoms with E-state index in [2.05, 4.69) is 5.32 Å². The van der Waals surface area contributed by atoms with Gasteiger partial charge in [0.25, 0.3) is 0 Å². The first-order chi connectivity index (χ1) is 14.8. The van der Waals surface area contributed by atoms with Gasteiger partial charge in [0, 0.05) is 13.6 Å². The molecule has 0 heterocycles. The highest BCUT2D eigenvalue weighted by atomic mass is 35.5. The van der Waals surface area contributed by atoms with Gasteiger partial charge in [-0.1, -0.05) is 35.3 Å². The molecule has 0 aliphatic rings. The molecular formula is C22H27Cl2N3O4S. The highest BCUT2D eigenvalue weighted by Crippen LogP contribution is 2.25. The van der Waals surface area contributed by atoms with Crippen molar-refractivity contribution in [1.29, 1.82) is 0 Å². The van der Waals surface area contributed by atoms with Crippen LogP contribution in [-0.2, 0) is 26.2 Å². The smallest absolute Gasteiger partial charge is 0.244 e.